The fourth-order valence-corrected chi connectivity index (χ4v) is 1.68. The second-order valence-electron chi connectivity index (χ2n) is 5.18. The van der Waals surface area contributed by atoms with Crippen molar-refractivity contribution in [3.05, 3.63) is 0 Å². The first-order valence-electron chi connectivity index (χ1n) is 6.94. The second-order valence-corrected chi connectivity index (χ2v) is 6.18. The largest absolute Gasteiger partial charge is 0.443 e. The lowest BCUT2D eigenvalue weighted by molar-refractivity contribution is 0.0112. The molecule has 102 valence electrons. The molecule has 1 amide bonds. The summed E-state index contributed by atoms with van der Waals surface area (Å²) in [7, 11) is 1.21. The summed E-state index contributed by atoms with van der Waals surface area (Å²) in [6, 6.07) is 1.24. The van der Waals surface area contributed by atoms with E-state index in [0.717, 1.165) is 38.8 Å². The molecule has 0 aromatic heterocycles. The highest BCUT2D eigenvalue weighted by Gasteiger charge is 2.23. The van der Waals surface area contributed by atoms with Crippen molar-refractivity contribution in [3.8, 4) is 0 Å². The molecule has 0 atom stereocenters. The van der Waals surface area contributed by atoms with E-state index in [9.17, 15) is 4.79 Å². The van der Waals surface area contributed by atoms with Gasteiger partial charge in [0.2, 0.25) is 0 Å². The van der Waals surface area contributed by atoms with Crippen LogP contribution in [0.25, 0.3) is 0 Å². The number of nitrogens with zero attached hydrogens (tertiary/aromatic N) is 1. The average Bonchev–Trinajstić information content (AvgIpc) is 2.28. The predicted octanol–water partition coefficient (Wildman–Crippen LogP) is 2.59. The van der Waals surface area contributed by atoms with Crippen LogP contribution in [0.5, 0.6) is 0 Å². The minimum absolute atomic E-state index is 0.139. The lowest BCUT2D eigenvalue weighted by Crippen LogP contribution is -2.39. The SMILES string of the molecule is CCCCN(CCC[SiH3])C(=O)OC(C)(C)CC. The highest BCUT2D eigenvalue weighted by molar-refractivity contribution is 6.08. The highest BCUT2D eigenvalue weighted by Crippen LogP contribution is 2.16. The highest BCUT2D eigenvalue weighted by atomic mass is 28.1. The van der Waals surface area contributed by atoms with Gasteiger partial charge in [0.1, 0.15) is 5.60 Å². The molecule has 0 bridgehead atoms. The smallest absolute Gasteiger partial charge is 0.410 e. The van der Waals surface area contributed by atoms with Crippen molar-refractivity contribution >= 4 is 16.3 Å². The van der Waals surface area contributed by atoms with Crippen LogP contribution in [0, 0.1) is 0 Å². The molecule has 0 aromatic carbocycles. The molecular formula is C13H29NO2Si. The molecule has 0 rings (SSSR count). The Balaban J connectivity index is 4.30. The summed E-state index contributed by atoms with van der Waals surface area (Å²) in [5.41, 5.74) is -0.345. The topological polar surface area (TPSA) is 29.5 Å². The molecule has 17 heavy (non-hydrogen) atoms. The van der Waals surface area contributed by atoms with Crippen LogP contribution in [0.1, 0.15) is 53.4 Å². The minimum Gasteiger partial charge on any atom is -0.443 e. The molecule has 0 N–H and O–H groups in total. The van der Waals surface area contributed by atoms with Crippen molar-refractivity contribution in [2.45, 2.75) is 65.0 Å². The third kappa shape index (κ3) is 7.42. The summed E-state index contributed by atoms with van der Waals surface area (Å²) in [6.07, 6.45) is 3.99. The van der Waals surface area contributed by atoms with Gasteiger partial charge in [0, 0.05) is 23.3 Å². The van der Waals surface area contributed by atoms with E-state index < -0.39 is 0 Å². The van der Waals surface area contributed by atoms with Crippen molar-refractivity contribution in [2.75, 3.05) is 13.1 Å². The number of ether oxygens (including phenoxy) is 1. The van der Waals surface area contributed by atoms with Crippen LogP contribution < -0.4 is 0 Å². The number of unbranched alkanes of at least 4 members (excludes halogenated alkanes) is 1. The van der Waals surface area contributed by atoms with E-state index in [0.29, 0.717) is 0 Å². The van der Waals surface area contributed by atoms with E-state index in [1.807, 2.05) is 25.7 Å². The molecule has 4 heteroatoms. The minimum atomic E-state index is -0.345. The van der Waals surface area contributed by atoms with Crippen LogP contribution in [0.4, 0.5) is 4.79 Å². The van der Waals surface area contributed by atoms with Gasteiger partial charge >= 0.3 is 6.09 Å². The molecule has 0 heterocycles. The van der Waals surface area contributed by atoms with Crippen LogP contribution >= 0.6 is 0 Å². The maximum atomic E-state index is 12.0. The molecule has 0 spiro atoms. The van der Waals surface area contributed by atoms with E-state index in [1.54, 1.807) is 0 Å². The Labute approximate surface area is 109 Å². The standard InChI is InChI=1S/C13H29NO2Si/c1-5-7-9-14(10-8-11-17)12(15)16-13(3,4)6-2/h5-11H2,1-4,17H3. The van der Waals surface area contributed by atoms with Gasteiger partial charge in [0.05, 0.1) is 0 Å². The van der Waals surface area contributed by atoms with Gasteiger partial charge in [-0.15, -0.1) is 0 Å². The van der Waals surface area contributed by atoms with Crippen LogP contribution in [-0.4, -0.2) is 39.9 Å². The molecule has 0 radical (unpaired) electrons. The van der Waals surface area contributed by atoms with Crippen molar-refractivity contribution in [1.29, 1.82) is 0 Å². The maximum absolute atomic E-state index is 12.0. The Kier molecular flexibility index (Phi) is 8.30. The summed E-state index contributed by atoms with van der Waals surface area (Å²) in [4.78, 5) is 13.9. The van der Waals surface area contributed by atoms with Gasteiger partial charge in [0.25, 0.3) is 0 Å². The van der Waals surface area contributed by atoms with Gasteiger partial charge in [-0.05, 0) is 33.1 Å². The third-order valence-corrected chi connectivity index (χ3v) is 3.74. The van der Waals surface area contributed by atoms with E-state index in [2.05, 4.69) is 6.92 Å². The Hall–Kier alpha value is -0.513. The van der Waals surface area contributed by atoms with Gasteiger partial charge in [-0.1, -0.05) is 26.3 Å². The van der Waals surface area contributed by atoms with E-state index in [1.165, 1.54) is 16.3 Å². The molecule has 0 unspecified atom stereocenters. The molecular weight excluding hydrogens is 230 g/mol. The van der Waals surface area contributed by atoms with Gasteiger partial charge in [0.15, 0.2) is 0 Å². The Bertz CT molecular complexity index is 211. The van der Waals surface area contributed by atoms with Crippen LogP contribution in [-0.2, 0) is 4.74 Å². The zero-order valence-electron chi connectivity index (χ0n) is 12.2. The number of amides is 1. The van der Waals surface area contributed by atoms with Crippen molar-refractivity contribution < 1.29 is 9.53 Å². The van der Waals surface area contributed by atoms with Gasteiger partial charge < -0.3 is 9.64 Å². The number of hydrogen-bond donors (Lipinski definition) is 0. The summed E-state index contributed by atoms with van der Waals surface area (Å²) < 4.78 is 5.54. The summed E-state index contributed by atoms with van der Waals surface area (Å²) in [5, 5.41) is 0. The third-order valence-electron chi connectivity index (χ3n) is 3.04. The van der Waals surface area contributed by atoms with Crippen molar-refractivity contribution in [1.82, 2.24) is 4.90 Å². The van der Waals surface area contributed by atoms with Crippen molar-refractivity contribution in [3.63, 3.8) is 0 Å². The Morgan fingerprint density at radius 3 is 2.29 bits per heavy atom. The maximum Gasteiger partial charge on any atom is 0.410 e. The first kappa shape index (κ1) is 16.5. The quantitative estimate of drug-likeness (QED) is 0.627. The zero-order chi connectivity index (χ0) is 13.3. The Morgan fingerprint density at radius 1 is 1.24 bits per heavy atom. The lowest BCUT2D eigenvalue weighted by atomic mass is 10.1. The normalized spacial score (nSPS) is 11.5. The van der Waals surface area contributed by atoms with Crippen LogP contribution in [0.2, 0.25) is 6.04 Å². The van der Waals surface area contributed by atoms with Gasteiger partial charge in [-0.25, -0.2) is 4.79 Å². The first-order valence-corrected chi connectivity index (χ1v) is 8.36. The lowest BCUT2D eigenvalue weighted by Gasteiger charge is -2.29. The number of carbonyl (C=O) groups excluding carboxylic acids is 1. The fourth-order valence-electron chi connectivity index (χ4n) is 1.37. The number of hydrogen-bond acceptors (Lipinski definition) is 2. The average molecular weight is 259 g/mol. The summed E-state index contributed by atoms with van der Waals surface area (Å²) in [5.74, 6) is 0. The number of carbonyl (C=O) groups is 1. The molecule has 3 nitrogen and oxygen atoms in total. The Morgan fingerprint density at radius 2 is 1.82 bits per heavy atom. The zero-order valence-corrected chi connectivity index (χ0v) is 14.2. The van der Waals surface area contributed by atoms with Gasteiger partial charge in [-0.2, -0.15) is 0 Å². The van der Waals surface area contributed by atoms with Crippen molar-refractivity contribution in [2.24, 2.45) is 0 Å². The van der Waals surface area contributed by atoms with Crippen LogP contribution in [0.3, 0.4) is 0 Å². The van der Waals surface area contributed by atoms with E-state index >= 15 is 0 Å². The monoisotopic (exact) mass is 259 g/mol. The molecule has 0 saturated heterocycles. The van der Waals surface area contributed by atoms with E-state index in [-0.39, 0.29) is 11.7 Å². The predicted molar refractivity (Wildman–Crippen MR) is 76.7 cm³/mol. The molecule has 0 aromatic rings. The summed E-state index contributed by atoms with van der Waals surface area (Å²) >= 11 is 0. The molecule has 0 aliphatic rings. The second kappa shape index (κ2) is 8.56. The molecule has 0 saturated carbocycles. The first-order chi connectivity index (χ1) is 7.96. The van der Waals surface area contributed by atoms with Crippen LogP contribution in [0.15, 0.2) is 0 Å². The van der Waals surface area contributed by atoms with Gasteiger partial charge in [-0.3, -0.25) is 0 Å². The number of rotatable bonds is 8. The summed E-state index contributed by atoms with van der Waals surface area (Å²) in [6.45, 7) is 9.80. The molecule has 0 aliphatic heterocycles. The molecule has 0 fully saturated rings. The fraction of sp³-hybridized carbons (Fsp3) is 0.923. The van der Waals surface area contributed by atoms with E-state index in [4.69, 9.17) is 4.74 Å². The molecule has 0 aliphatic carbocycles.